The lowest BCUT2D eigenvalue weighted by atomic mass is 9.95. The molecule has 8 nitrogen and oxygen atoms in total. The number of aliphatic hydroxyl groups is 1. The summed E-state index contributed by atoms with van der Waals surface area (Å²) in [6.07, 6.45) is 0. The molecule has 4 aromatic rings. The van der Waals surface area contributed by atoms with E-state index in [0.717, 1.165) is 10.4 Å². The summed E-state index contributed by atoms with van der Waals surface area (Å²) >= 11 is 1.28. The summed E-state index contributed by atoms with van der Waals surface area (Å²) in [5, 5.41) is 11.8. The summed E-state index contributed by atoms with van der Waals surface area (Å²) in [5.74, 6) is -0.572. The predicted molar refractivity (Wildman–Crippen MR) is 149 cm³/mol. The zero-order chi connectivity index (χ0) is 27.0. The first-order chi connectivity index (χ1) is 18.3. The monoisotopic (exact) mass is 529 g/mol. The molecule has 5 rings (SSSR count). The number of anilines is 2. The minimum absolute atomic E-state index is 0.00177. The van der Waals surface area contributed by atoms with Crippen LogP contribution in [0.15, 0.2) is 72.3 Å². The number of Topliss-reactive ketones (excluding diaryl/α,β-unsaturated/α-hetero) is 1. The highest BCUT2D eigenvalue weighted by Gasteiger charge is 2.48. The third kappa shape index (κ3) is 4.45. The fourth-order valence-electron chi connectivity index (χ4n) is 4.48. The molecule has 3 aromatic carbocycles. The highest BCUT2D eigenvalue weighted by atomic mass is 32.1. The van der Waals surface area contributed by atoms with Gasteiger partial charge in [-0.3, -0.25) is 14.5 Å². The van der Waals surface area contributed by atoms with Crippen molar-refractivity contribution in [1.29, 1.82) is 0 Å². The molecule has 1 aromatic heterocycles. The van der Waals surface area contributed by atoms with Gasteiger partial charge in [0.15, 0.2) is 5.13 Å². The minimum Gasteiger partial charge on any atom is -0.507 e. The average Bonchev–Trinajstić information content (AvgIpc) is 3.46. The Bertz CT molecular complexity index is 1560. The van der Waals surface area contributed by atoms with Crippen molar-refractivity contribution >= 4 is 49.8 Å². The van der Waals surface area contributed by atoms with E-state index in [9.17, 15) is 14.7 Å². The van der Waals surface area contributed by atoms with E-state index in [-0.39, 0.29) is 11.3 Å². The molecule has 1 atom stereocenters. The third-order valence-electron chi connectivity index (χ3n) is 6.38. The van der Waals surface area contributed by atoms with E-state index >= 15 is 0 Å². The molecule has 1 aliphatic rings. The maximum absolute atomic E-state index is 13.5. The van der Waals surface area contributed by atoms with Crippen molar-refractivity contribution in [1.82, 2.24) is 4.98 Å². The molecular weight excluding hydrogens is 502 g/mol. The second-order valence-corrected chi connectivity index (χ2v) is 9.96. The molecule has 1 unspecified atom stereocenters. The van der Waals surface area contributed by atoms with E-state index in [0.29, 0.717) is 39.9 Å². The molecule has 38 heavy (non-hydrogen) atoms. The standard InChI is InChI=1S/C29H27N3O5S/c1-5-37-21-8-6-7-18(15-21)26(33)24-25(17-9-11-19(12-10-17)31(2)3)32(28(35)27(24)34)29-30-22-14-13-20(36-4)16-23(22)38-29/h6-16,25,33H,5H2,1-4H3. The number of fused-ring (bicyclic) bond motifs is 1. The number of aromatic nitrogens is 1. The van der Waals surface area contributed by atoms with Crippen molar-refractivity contribution in [2.45, 2.75) is 13.0 Å². The van der Waals surface area contributed by atoms with E-state index in [2.05, 4.69) is 4.98 Å². The van der Waals surface area contributed by atoms with Gasteiger partial charge in [-0.25, -0.2) is 4.98 Å². The zero-order valence-corrected chi connectivity index (χ0v) is 22.3. The Labute approximate surface area is 224 Å². The van der Waals surface area contributed by atoms with Gasteiger partial charge in [-0.1, -0.05) is 35.6 Å². The van der Waals surface area contributed by atoms with Gasteiger partial charge in [0.25, 0.3) is 5.78 Å². The van der Waals surface area contributed by atoms with Crippen molar-refractivity contribution in [3.63, 3.8) is 0 Å². The van der Waals surface area contributed by atoms with E-state index in [4.69, 9.17) is 9.47 Å². The van der Waals surface area contributed by atoms with Gasteiger partial charge in [0.2, 0.25) is 0 Å². The summed E-state index contributed by atoms with van der Waals surface area (Å²) in [5.41, 5.74) is 2.70. The number of amides is 1. The Morgan fingerprint density at radius 2 is 1.82 bits per heavy atom. The Balaban J connectivity index is 1.69. The van der Waals surface area contributed by atoms with E-state index < -0.39 is 17.7 Å². The van der Waals surface area contributed by atoms with E-state index in [1.54, 1.807) is 37.4 Å². The second kappa shape index (κ2) is 10.2. The van der Waals surface area contributed by atoms with Gasteiger partial charge in [-0.15, -0.1) is 0 Å². The van der Waals surface area contributed by atoms with Gasteiger partial charge < -0.3 is 19.5 Å². The highest BCUT2D eigenvalue weighted by Crippen LogP contribution is 2.45. The molecule has 0 radical (unpaired) electrons. The first-order valence-corrected chi connectivity index (χ1v) is 12.9. The molecule has 2 heterocycles. The van der Waals surface area contributed by atoms with Crippen molar-refractivity contribution in [3.8, 4) is 11.5 Å². The van der Waals surface area contributed by atoms with Crippen LogP contribution in [0.2, 0.25) is 0 Å². The van der Waals surface area contributed by atoms with Crippen molar-refractivity contribution in [2.75, 3.05) is 37.6 Å². The number of thiazole rings is 1. The van der Waals surface area contributed by atoms with Gasteiger partial charge in [-0.05, 0) is 55.0 Å². The van der Waals surface area contributed by atoms with E-state index in [1.807, 2.05) is 62.3 Å². The van der Waals surface area contributed by atoms with Gasteiger partial charge in [-0.2, -0.15) is 0 Å². The smallest absolute Gasteiger partial charge is 0.301 e. The summed E-state index contributed by atoms with van der Waals surface area (Å²) in [6.45, 7) is 2.32. The van der Waals surface area contributed by atoms with Crippen LogP contribution in [0.1, 0.15) is 24.1 Å². The first-order valence-electron chi connectivity index (χ1n) is 12.1. The minimum atomic E-state index is -0.871. The number of benzene rings is 3. The van der Waals surface area contributed by atoms with Gasteiger partial charge in [0.05, 0.1) is 35.5 Å². The molecule has 0 saturated carbocycles. The van der Waals surface area contributed by atoms with Gasteiger partial charge in [0.1, 0.15) is 17.3 Å². The molecule has 0 aliphatic carbocycles. The van der Waals surface area contributed by atoms with Crippen molar-refractivity contribution in [2.24, 2.45) is 0 Å². The summed E-state index contributed by atoms with van der Waals surface area (Å²) < 4.78 is 11.7. The largest absolute Gasteiger partial charge is 0.507 e. The lowest BCUT2D eigenvalue weighted by Crippen LogP contribution is -2.29. The van der Waals surface area contributed by atoms with Gasteiger partial charge >= 0.3 is 5.91 Å². The molecule has 1 saturated heterocycles. The molecule has 0 spiro atoms. The predicted octanol–water partition coefficient (Wildman–Crippen LogP) is 5.40. The van der Waals surface area contributed by atoms with Crippen LogP contribution in [0.5, 0.6) is 11.5 Å². The number of hydrogen-bond acceptors (Lipinski definition) is 8. The summed E-state index contributed by atoms with van der Waals surface area (Å²) in [7, 11) is 5.45. The molecule has 194 valence electrons. The average molecular weight is 530 g/mol. The topological polar surface area (TPSA) is 92.2 Å². The van der Waals surface area contributed by atoms with Crippen LogP contribution in [0.3, 0.4) is 0 Å². The lowest BCUT2D eigenvalue weighted by Gasteiger charge is -2.23. The number of hydrogen-bond donors (Lipinski definition) is 1. The Morgan fingerprint density at radius 1 is 1.05 bits per heavy atom. The van der Waals surface area contributed by atoms with Crippen molar-refractivity contribution in [3.05, 3.63) is 83.4 Å². The Hall–Kier alpha value is -4.37. The molecule has 1 amide bonds. The zero-order valence-electron chi connectivity index (χ0n) is 21.5. The fourth-order valence-corrected chi connectivity index (χ4v) is 5.50. The summed E-state index contributed by atoms with van der Waals surface area (Å²) in [4.78, 5) is 35.0. The van der Waals surface area contributed by atoms with E-state index in [1.165, 1.54) is 16.2 Å². The number of carbonyl (C=O) groups is 2. The Kier molecular flexibility index (Phi) is 6.77. The van der Waals surface area contributed by atoms with Crippen molar-refractivity contribution < 1.29 is 24.2 Å². The highest BCUT2D eigenvalue weighted by molar-refractivity contribution is 7.22. The number of carbonyl (C=O) groups excluding carboxylic acids is 2. The first kappa shape index (κ1) is 25.3. The maximum atomic E-state index is 13.5. The van der Waals surface area contributed by atoms with Crippen LogP contribution in [0.25, 0.3) is 16.0 Å². The number of nitrogens with zero attached hydrogens (tertiary/aromatic N) is 3. The Morgan fingerprint density at radius 3 is 2.50 bits per heavy atom. The molecule has 1 N–H and O–H groups in total. The van der Waals surface area contributed by atoms with Crippen LogP contribution >= 0.6 is 11.3 Å². The fraction of sp³-hybridized carbons (Fsp3) is 0.207. The normalized spacial score (nSPS) is 16.7. The number of aliphatic hydroxyl groups excluding tert-OH is 1. The number of rotatable bonds is 7. The molecule has 1 fully saturated rings. The maximum Gasteiger partial charge on any atom is 0.301 e. The molecule has 9 heteroatoms. The summed E-state index contributed by atoms with van der Waals surface area (Å²) in [6, 6.07) is 19.0. The van der Waals surface area contributed by atoms with Crippen LogP contribution < -0.4 is 19.3 Å². The van der Waals surface area contributed by atoms with Crippen LogP contribution in [0.4, 0.5) is 10.8 Å². The van der Waals surface area contributed by atoms with Crippen LogP contribution in [-0.4, -0.2) is 49.6 Å². The second-order valence-electron chi connectivity index (χ2n) is 8.95. The molecule has 0 bridgehead atoms. The number of ether oxygens (including phenoxy) is 2. The molecule has 1 aliphatic heterocycles. The third-order valence-corrected chi connectivity index (χ3v) is 7.40. The van der Waals surface area contributed by atoms with Crippen LogP contribution in [-0.2, 0) is 9.59 Å². The van der Waals surface area contributed by atoms with Crippen LogP contribution in [0, 0.1) is 0 Å². The number of methoxy groups -OCH3 is 1. The quantitative estimate of drug-likeness (QED) is 0.195. The van der Waals surface area contributed by atoms with Gasteiger partial charge in [0, 0.05) is 25.3 Å². The SMILES string of the molecule is CCOc1cccc(C(O)=C2C(=O)C(=O)N(c3nc4ccc(OC)cc4s3)C2c2ccc(N(C)C)cc2)c1. The lowest BCUT2D eigenvalue weighted by molar-refractivity contribution is -0.132. The molecular formula is C29H27N3O5S. The number of ketones is 1.